The number of allylic oxidation sites excluding steroid dienone is 1. The van der Waals surface area contributed by atoms with Crippen LogP contribution in [0, 0.1) is 12.7 Å². The Morgan fingerprint density at radius 3 is 2.69 bits per heavy atom. The van der Waals surface area contributed by atoms with Crippen LogP contribution in [0.1, 0.15) is 36.0 Å². The molecule has 1 aliphatic rings. The number of hydrogen-bond acceptors (Lipinski definition) is 3. The van der Waals surface area contributed by atoms with Crippen molar-refractivity contribution in [2.75, 3.05) is 6.61 Å². The number of aryl methyl sites for hydroxylation is 1. The minimum Gasteiger partial charge on any atom is -0.458 e. The van der Waals surface area contributed by atoms with E-state index in [0.29, 0.717) is 23.4 Å². The van der Waals surface area contributed by atoms with Gasteiger partial charge in [0.25, 0.3) is 0 Å². The molecule has 1 heterocycles. The van der Waals surface area contributed by atoms with Gasteiger partial charge in [0.15, 0.2) is 0 Å². The van der Waals surface area contributed by atoms with E-state index in [-0.39, 0.29) is 18.9 Å². The molecule has 1 amide bonds. The first-order chi connectivity index (χ1) is 13.9. The molecule has 0 fully saturated rings. The Morgan fingerprint density at radius 1 is 1.24 bits per heavy atom. The zero-order valence-corrected chi connectivity index (χ0v) is 16.7. The minimum atomic E-state index is -0.552. The maximum atomic E-state index is 13.8. The zero-order chi connectivity index (χ0) is 21.0. The predicted octanol–water partition coefficient (Wildman–Crippen LogP) is 4.65. The van der Waals surface area contributed by atoms with Crippen molar-refractivity contribution >= 4 is 11.9 Å². The molecule has 4 nitrogen and oxygen atoms in total. The highest BCUT2D eigenvalue weighted by Gasteiger charge is 2.37. The molecule has 2 aromatic carbocycles. The number of nitrogens with zero attached hydrogens (tertiary/aromatic N) is 1. The molecule has 0 bridgehead atoms. The summed E-state index contributed by atoms with van der Waals surface area (Å²) in [7, 11) is 0. The van der Waals surface area contributed by atoms with Gasteiger partial charge in [-0.15, -0.1) is 0 Å². The van der Waals surface area contributed by atoms with Crippen LogP contribution in [0.5, 0.6) is 0 Å². The lowest BCUT2D eigenvalue weighted by Gasteiger charge is -2.34. The Hall–Kier alpha value is -3.21. The number of benzene rings is 2. The van der Waals surface area contributed by atoms with E-state index >= 15 is 0 Å². The molecule has 0 saturated heterocycles. The van der Waals surface area contributed by atoms with Crippen LogP contribution in [0.3, 0.4) is 0 Å². The summed E-state index contributed by atoms with van der Waals surface area (Å²) in [5.41, 5.74) is 3.57. The molecule has 0 aromatic heterocycles. The second kappa shape index (κ2) is 8.86. The molecule has 1 unspecified atom stereocenters. The Kier molecular flexibility index (Phi) is 6.27. The van der Waals surface area contributed by atoms with Crippen molar-refractivity contribution < 1.29 is 18.7 Å². The van der Waals surface area contributed by atoms with Gasteiger partial charge in [-0.3, -0.25) is 4.79 Å². The number of ether oxygens (including phenoxy) is 1. The van der Waals surface area contributed by atoms with Crippen LogP contribution in [0.2, 0.25) is 0 Å². The van der Waals surface area contributed by atoms with Gasteiger partial charge in [0.1, 0.15) is 12.4 Å². The third-order valence-electron chi connectivity index (χ3n) is 5.22. The molecule has 0 aliphatic carbocycles. The Bertz CT molecular complexity index is 980. The lowest BCUT2D eigenvalue weighted by molar-refractivity contribution is -0.139. The summed E-state index contributed by atoms with van der Waals surface area (Å²) >= 11 is 0. The Labute approximate surface area is 170 Å². The van der Waals surface area contributed by atoms with Crippen LogP contribution < -0.4 is 0 Å². The summed E-state index contributed by atoms with van der Waals surface area (Å²) < 4.78 is 19.1. The lowest BCUT2D eigenvalue weighted by atomic mass is 9.83. The number of rotatable bonds is 6. The molecule has 0 N–H and O–H groups in total. The summed E-state index contributed by atoms with van der Waals surface area (Å²) in [5.74, 6) is -1.59. The van der Waals surface area contributed by atoms with Crippen molar-refractivity contribution in [2.45, 2.75) is 32.7 Å². The summed E-state index contributed by atoms with van der Waals surface area (Å²) in [4.78, 5) is 27.5. The third-order valence-corrected chi connectivity index (χ3v) is 5.22. The van der Waals surface area contributed by atoms with E-state index < -0.39 is 17.7 Å². The topological polar surface area (TPSA) is 46.6 Å². The molecule has 0 spiro atoms. The van der Waals surface area contributed by atoms with Gasteiger partial charge in [0.05, 0.1) is 12.1 Å². The molecule has 150 valence electrons. The summed E-state index contributed by atoms with van der Waals surface area (Å²) in [6.07, 6.45) is 1.56. The first-order valence-corrected chi connectivity index (χ1v) is 9.51. The molecule has 2 aromatic rings. The number of halogens is 1. The molecule has 0 radical (unpaired) electrons. The molecule has 1 atom stereocenters. The van der Waals surface area contributed by atoms with E-state index in [1.54, 1.807) is 24.0 Å². The average molecular weight is 393 g/mol. The van der Waals surface area contributed by atoms with Crippen LogP contribution in [0.15, 0.2) is 72.5 Å². The van der Waals surface area contributed by atoms with Crippen molar-refractivity contribution in [3.8, 4) is 0 Å². The fourth-order valence-corrected chi connectivity index (χ4v) is 3.65. The van der Waals surface area contributed by atoms with Crippen molar-refractivity contribution in [1.82, 2.24) is 4.90 Å². The molecule has 3 rings (SSSR count). The maximum absolute atomic E-state index is 13.8. The number of esters is 1. The van der Waals surface area contributed by atoms with Crippen LogP contribution in [-0.4, -0.2) is 23.4 Å². The third kappa shape index (κ3) is 4.45. The highest BCUT2D eigenvalue weighted by Crippen LogP contribution is 2.38. The van der Waals surface area contributed by atoms with E-state index in [2.05, 4.69) is 6.58 Å². The minimum absolute atomic E-state index is 0.0667. The van der Waals surface area contributed by atoms with Crippen molar-refractivity contribution in [1.29, 1.82) is 0 Å². The first kappa shape index (κ1) is 20.5. The Morgan fingerprint density at radius 2 is 2.00 bits per heavy atom. The normalized spacial score (nSPS) is 16.7. The number of carbonyl (C=O) groups is 2. The van der Waals surface area contributed by atoms with Gasteiger partial charge in [-0.2, -0.15) is 0 Å². The van der Waals surface area contributed by atoms with Crippen molar-refractivity contribution in [3.63, 3.8) is 0 Å². The maximum Gasteiger partial charge on any atom is 0.336 e. The van der Waals surface area contributed by atoms with Gasteiger partial charge >= 0.3 is 5.97 Å². The quantitative estimate of drug-likeness (QED) is 0.530. The van der Waals surface area contributed by atoms with Crippen molar-refractivity contribution in [2.24, 2.45) is 0 Å². The number of carbonyl (C=O) groups excluding carboxylic acids is 2. The molecule has 29 heavy (non-hydrogen) atoms. The predicted molar refractivity (Wildman–Crippen MR) is 109 cm³/mol. The van der Waals surface area contributed by atoms with E-state index in [1.165, 1.54) is 18.2 Å². The highest BCUT2D eigenvalue weighted by atomic mass is 19.1. The van der Waals surface area contributed by atoms with Crippen molar-refractivity contribution in [3.05, 3.63) is 95.0 Å². The monoisotopic (exact) mass is 393 g/mol. The van der Waals surface area contributed by atoms with Crippen LogP contribution in [0.25, 0.3) is 0 Å². The largest absolute Gasteiger partial charge is 0.458 e. The van der Waals surface area contributed by atoms with Gasteiger partial charge in [-0.25, -0.2) is 9.18 Å². The van der Waals surface area contributed by atoms with E-state index in [4.69, 9.17) is 4.74 Å². The summed E-state index contributed by atoms with van der Waals surface area (Å²) in [6, 6.07) is 13.8. The van der Waals surface area contributed by atoms with E-state index in [9.17, 15) is 14.0 Å². The van der Waals surface area contributed by atoms with Gasteiger partial charge in [0.2, 0.25) is 5.91 Å². The number of hydrogen-bond donors (Lipinski definition) is 0. The number of amides is 1. The Balaban J connectivity index is 2.04. The smallest absolute Gasteiger partial charge is 0.336 e. The summed E-state index contributed by atoms with van der Waals surface area (Å²) in [6.45, 7) is 7.73. The molecule has 1 aliphatic heterocycles. The fraction of sp³-hybridized carbons (Fsp3) is 0.250. The molecule has 5 heteroatoms. The van der Waals surface area contributed by atoms with Gasteiger partial charge < -0.3 is 9.64 Å². The standard InChI is InChI=1S/C24H24FNO3/c1-4-12-29-24(28)23-17(3)26(15-19-9-6-5-8-16(19)2)22(27)14-21(23)18-10-7-11-20(25)13-18/h4-11,13,21H,1,12,14-15H2,2-3H3. The van der Waals surface area contributed by atoms with Gasteiger partial charge in [-0.05, 0) is 42.7 Å². The van der Waals surface area contributed by atoms with Gasteiger partial charge in [-0.1, -0.05) is 49.1 Å². The van der Waals surface area contributed by atoms with Gasteiger partial charge in [0, 0.05) is 18.0 Å². The molecular weight excluding hydrogens is 369 g/mol. The fourth-order valence-electron chi connectivity index (χ4n) is 3.65. The second-order valence-corrected chi connectivity index (χ2v) is 7.10. The highest BCUT2D eigenvalue weighted by molar-refractivity contribution is 5.95. The zero-order valence-electron chi connectivity index (χ0n) is 16.7. The van der Waals surface area contributed by atoms with Crippen LogP contribution in [-0.2, 0) is 20.9 Å². The van der Waals surface area contributed by atoms with E-state index in [1.807, 2.05) is 31.2 Å². The average Bonchev–Trinajstić information content (AvgIpc) is 2.70. The molecular formula is C24H24FNO3. The second-order valence-electron chi connectivity index (χ2n) is 7.10. The summed E-state index contributed by atoms with van der Waals surface area (Å²) in [5, 5.41) is 0. The first-order valence-electron chi connectivity index (χ1n) is 9.51. The lowest BCUT2D eigenvalue weighted by Crippen LogP contribution is -2.38. The van der Waals surface area contributed by atoms with Crippen LogP contribution in [0.4, 0.5) is 4.39 Å². The molecule has 0 saturated carbocycles. The van der Waals surface area contributed by atoms with Crippen LogP contribution >= 0.6 is 0 Å². The van der Waals surface area contributed by atoms with E-state index in [0.717, 1.165) is 11.1 Å². The SMILES string of the molecule is C=CCOC(=O)C1=C(C)N(Cc2ccccc2C)C(=O)CC1c1cccc(F)c1.